The average Bonchev–Trinajstić information content (AvgIpc) is 2.90. The summed E-state index contributed by atoms with van der Waals surface area (Å²) in [5.74, 6) is 1.05. The first kappa shape index (κ1) is 8.61. The molecule has 0 atom stereocenters. The molecule has 0 heterocycles. The highest BCUT2D eigenvalue weighted by molar-refractivity contribution is 5.29. The summed E-state index contributed by atoms with van der Waals surface area (Å²) in [5.41, 5.74) is 1.39. The Morgan fingerprint density at radius 1 is 1.38 bits per heavy atom. The summed E-state index contributed by atoms with van der Waals surface area (Å²) in [7, 11) is 0. The van der Waals surface area contributed by atoms with E-state index in [0.29, 0.717) is 6.10 Å². The van der Waals surface area contributed by atoms with Crippen LogP contribution in [-0.4, -0.2) is 6.10 Å². The molecule has 1 aliphatic carbocycles. The molecule has 0 bridgehead atoms. The zero-order valence-electron chi connectivity index (χ0n) is 8.12. The molecule has 0 aliphatic heterocycles. The molecule has 0 saturated heterocycles. The van der Waals surface area contributed by atoms with Crippen molar-refractivity contribution in [2.45, 2.75) is 38.7 Å². The minimum absolute atomic E-state index is 0.511. The third kappa shape index (κ3) is 2.48. The van der Waals surface area contributed by atoms with E-state index in [0.717, 1.165) is 12.2 Å². The minimum Gasteiger partial charge on any atom is -0.490 e. The number of hydrogen-bond donors (Lipinski definition) is 0. The van der Waals surface area contributed by atoms with Crippen LogP contribution in [0.5, 0.6) is 5.75 Å². The van der Waals surface area contributed by atoms with E-state index in [4.69, 9.17) is 4.74 Å². The summed E-state index contributed by atoms with van der Waals surface area (Å²) < 4.78 is 5.71. The summed E-state index contributed by atoms with van der Waals surface area (Å²) in [4.78, 5) is 0. The van der Waals surface area contributed by atoms with Crippen molar-refractivity contribution in [3.63, 3.8) is 0 Å². The van der Waals surface area contributed by atoms with Crippen molar-refractivity contribution in [1.82, 2.24) is 0 Å². The van der Waals surface area contributed by atoms with Gasteiger partial charge in [-0.25, -0.2) is 0 Å². The number of rotatable bonds is 4. The summed E-state index contributed by atoms with van der Waals surface area (Å²) in [6.45, 7) is 2.20. The molecule has 1 aliphatic rings. The zero-order chi connectivity index (χ0) is 9.10. The average molecular weight is 176 g/mol. The fourth-order valence-electron chi connectivity index (χ4n) is 1.44. The van der Waals surface area contributed by atoms with Crippen LogP contribution in [0.15, 0.2) is 24.3 Å². The van der Waals surface area contributed by atoms with Crippen LogP contribution in [0.2, 0.25) is 0 Å². The molecular weight excluding hydrogens is 160 g/mol. The van der Waals surface area contributed by atoms with E-state index in [2.05, 4.69) is 31.2 Å². The van der Waals surface area contributed by atoms with Gasteiger partial charge in [0, 0.05) is 0 Å². The van der Waals surface area contributed by atoms with E-state index in [9.17, 15) is 0 Å². The predicted molar refractivity (Wildman–Crippen MR) is 54.1 cm³/mol. The number of benzene rings is 1. The molecule has 0 radical (unpaired) electrons. The van der Waals surface area contributed by atoms with Crippen LogP contribution in [0.1, 0.15) is 31.7 Å². The van der Waals surface area contributed by atoms with Crippen molar-refractivity contribution in [1.29, 1.82) is 0 Å². The Hall–Kier alpha value is -0.980. The molecule has 0 spiro atoms. The maximum Gasteiger partial charge on any atom is 0.119 e. The third-order valence-electron chi connectivity index (χ3n) is 2.26. The van der Waals surface area contributed by atoms with Crippen LogP contribution in [0.4, 0.5) is 0 Å². The number of aryl methyl sites for hydroxylation is 1. The molecular formula is C12H16O. The van der Waals surface area contributed by atoms with E-state index in [-0.39, 0.29) is 0 Å². The maximum absolute atomic E-state index is 5.71. The monoisotopic (exact) mass is 176 g/mol. The SMILES string of the molecule is CCCc1cccc(OC2CC2)c1. The molecule has 1 nitrogen and oxygen atoms in total. The first-order valence-electron chi connectivity index (χ1n) is 5.14. The Bertz CT molecular complexity index is 276. The molecule has 1 fully saturated rings. The topological polar surface area (TPSA) is 9.23 Å². The van der Waals surface area contributed by atoms with E-state index < -0.39 is 0 Å². The van der Waals surface area contributed by atoms with Crippen molar-refractivity contribution in [2.75, 3.05) is 0 Å². The molecule has 70 valence electrons. The van der Waals surface area contributed by atoms with Crippen LogP contribution >= 0.6 is 0 Å². The van der Waals surface area contributed by atoms with Crippen molar-refractivity contribution in [3.8, 4) is 5.75 Å². The van der Waals surface area contributed by atoms with Gasteiger partial charge >= 0.3 is 0 Å². The lowest BCUT2D eigenvalue weighted by atomic mass is 10.1. The highest BCUT2D eigenvalue weighted by atomic mass is 16.5. The number of hydrogen-bond acceptors (Lipinski definition) is 1. The molecule has 1 saturated carbocycles. The van der Waals surface area contributed by atoms with Crippen LogP contribution in [-0.2, 0) is 6.42 Å². The lowest BCUT2D eigenvalue weighted by molar-refractivity contribution is 0.303. The van der Waals surface area contributed by atoms with Crippen LogP contribution in [0, 0.1) is 0 Å². The molecule has 1 aromatic rings. The number of ether oxygens (including phenoxy) is 1. The summed E-state index contributed by atoms with van der Waals surface area (Å²) in [5, 5.41) is 0. The lowest BCUT2D eigenvalue weighted by Crippen LogP contribution is -1.96. The molecule has 0 N–H and O–H groups in total. The second-order valence-electron chi connectivity index (χ2n) is 3.71. The van der Waals surface area contributed by atoms with E-state index in [1.54, 1.807) is 0 Å². The highest BCUT2D eigenvalue weighted by Crippen LogP contribution is 2.27. The van der Waals surface area contributed by atoms with Crippen molar-refractivity contribution in [3.05, 3.63) is 29.8 Å². The molecule has 13 heavy (non-hydrogen) atoms. The first-order chi connectivity index (χ1) is 6.38. The Morgan fingerprint density at radius 2 is 2.23 bits per heavy atom. The van der Waals surface area contributed by atoms with Gasteiger partial charge in [-0.05, 0) is 37.0 Å². The summed E-state index contributed by atoms with van der Waals surface area (Å²) >= 11 is 0. The Balaban J connectivity index is 2.02. The second kappa shape index (κ2) is 3.82. The van der Waals surface area contributed by atoms with Crippen LogP contribution in [0.3, 0.4) is 0 Å². The van der Waals surface area contributed by atoms with E-state index in [1.807, 2.05) is 0 Å². The van der Waals surface area contributed by atoms with E-state index >= 15 is 0 Å². The van der Waals surface area contributed by atoms with Crippen molar-refractivity contribution >= 4 is 0 Å². The van der Waals surface area contributed by atoms with Crippen molar-refractivity contribution in [2.24, 2.45) is 0 Å². The van der Waals surface area contributed by atoms with Gasteiger partial charge in [0.25, 0.3) is 0 Å². The normalized spacial score (nSPS) is 15.8. The standard InChI is InChI=1S/C12H16O/c1-2-4-10-5-3-6-12(9-10)13-11-7-8-11/h3,5-6,9,11H,2,4,7-8H2,1H3. The van der Waals surface area contributed by atoms with Gasteiger partial charge in [-0.3, -0.25) is 0 Å². The first-order valence-corrected chi connectivity index (χ1v) is 5.14. The van der Waals surface area contributed by atoms with Crippen LogP contribution < -0.4 is 4.74 Å². The zero-order valence-corrected chi connectivity index (χ0v) is 8.12. The molecule has 2 rings (SSSR count). The maximum atomic E-state index is 5.71. The quantitative estimate of drug-likeness (QED) is 0.684. The van der Waals surface area contributed by atoms with Gasteiger partial charge in [0.05, 0.1) is 6.10 Å². The fraction of sp³-hybridized carbons (Fsp3) is 0.500. The largest absolute Gasteiger partial charge is 0.490 e. The molecule has 0 aromatic heterocycles. The minimum atomic E-state index is 0.511. The Kier molecular flexibility index (Phi) is 2.53. The molecule has 0 unspecified atom stereocenters. The third-order valence-corrected chi connectivity index (χ3v) is 2.26. The fourth-order valence-corrected chi connectivity index (χ4v) is 1.44. The van der Waals surface area contributed by atoms with Gasteiger partial charge in [-0.2, -0.15) is 0 Å². The van der Waals surface area contributed by atoms with Gasteiger partial charge in [0.15, 0.2) is 0 Å². The summed E-state index contributed by atoms with van der Waals surface area (Å²) in [6, 6.07) is 8.48. The molecule has 0 amide bonds. The summed E-state index contributed by atoms with van der Waals surface area (Å²) in [6.07, 6.45) is 5.34. The van der Waals surface area contributed by atoms with Gasteiger partial charge in [0.1, 0.15) is 5.75 Å². The van der Waals surface area contributed by atoms with Gasteiger partial charge in [-0.1, -0.05) is 25.5 Å². The van der Waals surface area contributed by atoms with Crippen molar-refractivity contribution < 1.29 is 4.74 Å². The molecule has 1 heteroatoms. The van der Waals surface area contributed by atoms with Crippen LogP contribution in [0.25, 0.3) is 0 Å². The Morgan fingerprint density at radius 3 is 2.92 bits per heavy atom. The smallest absolute Gasteiger partial charge is 0.119 e. The van der Waals surface area contributed by atoms with Gasteiger partial charge < -0.3 is 4.74 Å². The van der Waals surface area contributed by atoms with E-state index in [1.165, 1.54) is 24.8 Å². The highest BCUT2D eigenvalue weighted by Gasteiger charge is 2.23. The lowest BCUT2D eigenvalue weighted by Gasteiger charge is -2.05. The van der Waals surface area contributed by atoms with Gasteiger partial charge in [-0.15, -0.1) is 0 Å². The Labute approximate surface area is 79.7 Å². The predicted octanol–water partition coefficient (Wildman–Crippen LogP) is 3.18. The van der Waals surface area contributed by atoms with Gasteiger partial charge in [0.2, 0.25) is 0 Å². The second-order valence-corrected chi connectivity index (χ2v) is 3.71. The molecule has 1 aromatic carbocycles.